The molecule has 0 N–H and O–H groups in total. The Labute approximate surface area is 75.4 Å². The van der Waals surface area contributed by atoms with Gasteiger partial charge in [0.15, 0.2) is 0 Å². The number of carbonyl (C=O) groups is 1. The Morgan fingerprint density at radius 2 is 2.42 bits per heavy atom. The molecule has 0 amide bonds. The maximum atomic E-state index is 10.4. The first-order chi connectivity index (χ1) is 5.88. The number of aldehydes is 1. The van der Waals surface area contributed by atoms with Crippen LogP contribution in [0.1, 0.15) is 23.2 Å². The zero-order valence-electron chi connectivity index (χ0n) is 6.56. The van der Waals surface area contributed by atoms with Crippen molar-refractivity contribution in [3.63, 3.8) is 0 Å². The minimum Gasteiger partial charge on any atom is -0.298 e. The van der Waals surface area contributed by atoms with Crippen LogP contribution in [-0.4, -0.2) is 16.5 Å². The standard InChI is InChI=1S/C9H9NOS/c11-6-7-3-4-10-9(5-7)12-8-1-2-8/h3-6,8H,1-2H2. The molecule has 0 unspecified atom stereocenters. The third kappa shape index (κ3) is 1.85. The molecule has 0 atom stereocenters. The van der Waals surface area contributed by atoms with E-state index in [0.29, 0.717) is 5.56 Å². The van der Waals surface area contributed by atoms with Crippen LogP contribution in [0.3, 0.4) is 0 Å². The number of hydrogen-bond donors (Lipinski definition) is 0. The van der Waals surface area contributed by atoms with Crippen LogP contribution >= 0.6 is 11.8 Å². The molecule has 1 aliphatic rings. The molecule has 0 aromatic carbocycles. The van der Waals surface area contributed by atoms with Crippen LogP contribution in [-0.2, 0) is 0 Å². The highest BCUT2D eigenvalue weighted by atomic mass is 32.2. The fourth-order valence-electron chi connectivity index (χ4n) is 0.919. The lowest BCUT2D eigenvalue weighted by molar-refractivity contribution is 0.112. The number of carbonyl (C=O) groups excluding carboxylic acids is 1. The third-order valence-corrected chi connectivity index (χ3v) is 2.98. The third-order valence-electron chi connectivity index (χ3n) is 1.71. The molecule has 62 valence electrons. The lowest BCUT2D eigenvalue weighted by Crippen LogP contribution is -1.85. The second-order valence-corrected chi connectivity index (χ2v) is 4.18. The lowest BCUT2D eigenvalue weighted by atomic mass is 10.3. The predicted molar refractivity (Wildman–Crippen MR) is 48.5 cm³/mol. The number of rotatable bonds is 3. The van der Waals surface area contributed by atoms with Crippen molar-refractivity contribution >= 4 is 18.0 Å². The van der Waals surface area contributed by atoms with E-state index < -0.39 is 0 Å². The van der Waals surface area contributed by atoms with Crippen molar-refractivity contribution in [3.8, 4) is 0 Å². The highest BCUT2D eigenvalue weighted by molar-refractivity contribution is 8.00. The number of hydrogen-bond acceptors (Lipinski definition) is 3. The van der Waals surface area contributed by atoms with Crippen LogP contribution in [0.2, 0.25) is 0 Å². The molecule has 1 aromatic heterocycles. The van der Waals surface area contributed by atoms with Gasteiger partial charge in [0.05, 0.1) is 5.03 Å². The van der Waals surface area contributed by atoms with Crippen molar-refractivity contribution in [2.45, 2.75) is 23.1 Å². The normalized spacial score (nSPS) is 16.0. The monoisotopic (exact) mass is 179 g/mol. The number of pyridine rings is 1. The van der Waals surface area contributed by atoms with E-state index in [1.54, 1.807) is 24.0 Å². The van der Waals surface area contributed by atoms with Gasteiger partial charge < -0.3 is 0 Å². The summed E-state index contributed by atoms with van der Waals surface area (Å²) in [5.74, 6) is 0. The van der Waals surface area contributed by atoms with Gasteiger partial charge in [-0.25, -0.2) is 4.98 Å². The van der Waals surface area contributed by atoms with Crippen LogP contribution in [0.25, 0.3) is 0 Å². The number of nitrogens with zero attached hydrogens (tertiary/aromatic N) is 1. The van der Waals surface area contributed by atoms with Crippen molar-refractivity contribution in [1.29, 1.82) is 0 Å². The van der Waals surface area contributed by atoms with E-state index in [1.165, 1.54) is 12.8 Å². The second-order valence-electron chi connectivity index (χ2n) is 2.86. The zero-order valence-corrected chi connectivity index (χ0v) is 7.38. The highest BCUT2D eigenvalue weighted by Crippen LogP contribution is 2.38. The van der Waals surface area contributed by atoms with Crippen LogP contribution in [0.4, 0.5) is 0 Å². The Morgan fingerprint density at radius 1 is 1.58 bits per heavy atom. The van der Waals surface area contributed by atoms with Crippen molar-refractivity contribution < 1.29 is 4.79 Å². The van der Waals surface area contributed by atoms with Gasteiger partial charge >= 0.3 is 0 Å². The number of thioether (sulfide) groups is 1. The topological polar surface area (TPSA) is 30.0 Å². The largest absolute Gasteiger partial charge is 0.298 e. The Bertz CT molecular complexity index is 296. The molecule has 1 heterocycles. The maximum absolute atomic E-state index is 10.4. The lowest BCUT2D eigenvalue weighted by Gasteiger charge is -1.97. The molecule has 0 bridgehead atoms. The van der Waals surface area contributed by atoms with Gasteiger partial charge in [-0.15, -0.1) is 11.8 Å². The Morgan fingerprint density at radius 3 is 3.08 bits per heavy atom. The first kappa shape index (κ1) is 7.80. The fraction of sp³-hybridized carbons (Fsp3) is 0.333. The van der Waals surface area contributed by atoms with Gasteiger partial charge in [0.1, 0.15) is 6.29 Å². The number of aromatic nitrogens is 1. The molecule has 12 heavy (non-hydrogen) atoms. The molecule has 1 aliphatic carbocycles. The first-order valence-electron chi connectivity index (χ1n) is 3.96. The van der Waals surface area contributed by atoms with Gasteiger partial charge in [-0.05, 0) is 25.0 Å². The van der Waals surface area contributed by atoms with E-state index in [4.69, 9.17) is 0 Å². The van der Waals surface area contributed by atoms with E-state index in [-0.39, 0.29) is 0 Å². The molecule has 1 fully saturated rings. The highest BCUT2D eigenvalue weighted by Gasteiger charge is 2.22. The molecular formula is C9H9NOS. The van der Waals surface area contributed by atoms with Crippen molar-refractivity contribution in [2.75, 3.05) is 0 Å². The smallest absolute Gasteiger partial charge is 0.150 e. The average Bonchev–Trinajstić information content (AvgIpc) is 2.89. The van der Waals surface area contributed by atoms with E-state index in [2.05, 4.69) is 4.98 Å². The summed E-state index contributed by atoms with van der Waals surface area (Å²) in [4.78, 5) is 14.6. The molecule has 0 spiro atoms. The summed E-state index contributed by atoms with van der Waals surface area (Å²) in [6.45, 7) is 0. The SMILES string of the molecule is O=Cc1ccnc(SC2CC2)c1. The summed E-state index contributed by atoms with van der Waals surface area (Å²) >= 11 is 1.77. The Kier molecular flexibility index (Phi) is 2.13. The summed E-state index contributed by atoms with van der Waals surface area (Å²) in [7, 11) is 0. The second kappa shape index (κ2) is 3.27. The van der Waals surface area contributed by atoms with Gasteiger partial charge in [0.2, 0.25) is 0 Å². The maximum Gasteiger partial charge on any atom is 0.150 e. The van der Waals surface area contributed by atoms with Gasteiger partial charge in [0, 0.05) is 17.0 Å². The Hall–Kier alpha value is -0.830. The molecular weight excluding hydrogens is 170 g/mol. The molecule has 2 nitrogen and oxygen atoms in total. The molecule has 2 rings (SSSR count). The minimum absolute atomic E-state index is 0.716. The summed E-state index contributed by atoms with van der Waals surface area (Å²) in [6.07, 6.45) is 5.13. The van der Waals surface area contributed by atoms with Crippen molar-refractivity contribution in [2.24, 2.45) is 0 Å². The van der Waals surface area contributed by atoms with Gasteiger partial charge in [0.25, 0.3) is 0 Å². The molecule has 0 radical (unpaired) electrons. The van der Waals surface area contributed by atoms with Gasteiger partial charge in [-0.1, -0.05) is 0 Å². The fourth-order valence-corrected chi connectivity index (χ4v) is 1.96. The minimum atomic E-state index is 0.716. The zero-order chi connectivity index (χ0) is 8.39. The molecule has 0 saturated heterocycles. The van der Waals surface area contributed by atoms with E-state index in [9.17, 15) is 4.79 Å². The van der Waals surface area contributed by atoms with E-state index in [0.717, 1.165) is 16.6 Å². The van der Waals surface area contributed by atoms with Crippen LogP contribution in [0, 0.1) is 0 Å². The Balaban J connectivity index is 2.13. The van der Waals surface area contributed by atoms with Gasteiger partial charge in [-0.2, -0.15) is 0 Å². The predicted octanol–water partition coefficient (Wildman–Crippen LogP) is 2.15. The van der Waals surface area contributed by atoms with Crippen LogP contribution in [0.5, 0.6) is 0 Å². The molecule has 3 heteroatoms. The first-order valence-corrected chi connectivity index (χ1v) is 4.84. The summed E-state index contributed by atoms with van der Waals surface area (Å²) in [6, 6.07) is 3.57. The van der Waals surface area contributed by atoms with Crippen molar-refractivity contribution in [1.82, 2.24) is 4.98 Å². The van der Waals surface area contributed by atoms with Crippen molar-refractivity contribution in [3.05, 3.63) is 23.9 Å². The van der Waals surface area contributed by atoms with E-state index >= 15 is 0 Å². The van der Waals surface area contributed by atoms with Crippen LogP contribution in [0.15, 0.2) is 23.4 Å². The average molecular weight is 179 g/mol. The molecule has 1 saturated carbocycles. The quantitative estimate of drug-likeness (QED) is 0.666. The van der Waals surface area contributed by atoms with Crippen LogP contribution < -0.4 is 0 Å². The summed E-state index contributed by atoms with van der Waals surface area (Å²) in [5, 5.41) is 1.72. The molecule has 1 aromatic rings. The molecule has 0 aliphatic heterocycles. The summed E-state index contributed by atoms with van der Waals surface area (Å²) < 4.78 is 0. The summed E-state index contributed by atoms with van der Waals surface area (Å²) in [5.41, 5.74) is 0.716. The van der Waals surface area contributed by atoms with Gasteiger partial charge in [-0.3, -0.25) is 4.79 Å². The van der Waals surface area contributed by atoms with E-state index in [1.807, 2.05) is 6.07 Å².